The predicted octanol–water partition coefficient (Wildman–Crippen LogP) is -0.0159. The molecule has 2 aliphatic heterocycles. The van der Waals surface area contributed by atoms with Crippen molar-refractivity contribution in [3.05, 3.63) is 0 Å². The molecule has 0 aliphatic carbocycles. The third-order valence-corrected chi connectivity index (χ3v) is 4.99. The third-order valence-electron chi connectivity index (χ3n) is 4.99. The Bertz CT molecular complexity index is 333. The normalized spacial score (nSPS) is 24.2. The van der Waals surface area contributed by atoms with E-state index in [-0.39, 0.29) is 17.4 Å². The van der Waals surface area contributed by atoms with Crippen LogP contribution in [0.5, 0.6) is 0 Å². The number of hydrogen-bond acceptors (Lipinski definition) is 4. The zero-order valence-electron chi connectivity index (χ0n) is 13.4. The van der Waals surface area contributed by atoms with Crippen LogP contribution in [0.15, 0.2) is 0 Å². The Kier molecular flexibility index (Phi) is 5.04. The van der Waals surface area contributed by atoms with Crippen LogP contribution in [0.3, 0.4) is 0 Å². The highest BCUT2D eigenvalue weighted by Crippen LogP contribution is 2.18. The number of likely N-dealkylation sites (N-methyl/N-ethyl adjacent to an activating group) is 1. The summed E-state index contributed by atoms with van der Waals surface area (Å²) in [5.74, 6) is 0.847. The topological polar surface area (TPSA) is 47.6 Å². The molecule has 0 aromatic heterocycles. The maximum absolute atomic E-state index is 12.2. The zero-order chi connectivity index (χ0) is 14.8. The molecule has 2 saturated heterocycles. The molecule has 2 aliphatic rings. The largest absolute Gasteiger partial charge is 0.354 e. The minimum absolute atomic E-state index is 0.0362. The van der Waals surface area contributed by atoms with Gasteiger partial charge in [0.1, 0.15) is 0 Å². The molecule has 116 valence electrons. The first kappa shape index (κ1) is 15.7. The highest BCUT2D eigenvalue weighted by molar-refractivity contribution is 5.78. The number of nitrogens with one attached hydrogen (secondary N) is 2. The standard InChI is InChI=1S/C15H30N4O/c1-12(13-9-16-10-13)14(20)17-11-15(2,3)19-7-5-18(4)6-8-19/h12-13,16H,5-11H2,1-4H3,(H,17,20). The molecular formula is C15H30N4O. The van der Waals surface area contributed by atoms with Crippen molar-refractivity contribution in [2.75, 3.05) is 52.9 Å². The Labute approximate surface area is 123 Å². The molecule has 1 atom stereocenters. The van der Waals surface area contributed by atoms with E-state index in [1.807, 2.05) is 6.92 Å². The quantitative estimate of drug-likeness (QED) is 0.744. The summed E-state index contributed by atoms with van der Waals surface area (Å²) in [6.07, 6.45) is 0. The van der Waals surface area contributed by atoms with Gasteiger partial charge in [-0.25, -0.2) is 0 Å². The Balaban J connectivity index is 1.77. The average Bonchev–Trinajstić information content (AvgIpc) is 2.34. The first-order valence-electron chi connectivity index (χ1n) is 7.82. The fraction of sp³-hybridized carbons (Fsp3) is 0.933. The molecule has 1 amide bonds. The van der Waals surface area contributed by atoms with Gasteiger partial charge in [0.25, 0.3) is 0 Å². The number of carbonyl (C=O) groups is 1. The van der Waals surface area contributed by atoms with Gasteiger partial charge in [-0.1, -0.05) is 6.92 Å². The van der Waals surface area contributed by atoms with Crippen molar-refractivity contribution in [3.8, 4) is 0 Å². The van der Waals surface area contributed by atoms with Gasteiger partial charge >= 0.3 is 0 Å². The van der Waals surface area contributed by atoms with Crippen LogP contribution >= 0.6 is 0 Å². The molecule has 0 radical (unpaired) electrons. The molecule has 0 aromatic rings. The number of hydrogen-bond donors (Lipinski definition) is 2. The summed E-state index contributed by atoms with van der Waals surface area (Å²) in [4.78, 5) is 17.0. The second kappa shape index (κ2) is 6.41. The lowest BCUT2D eigenvalue weighted by atomic mass is 9.88. The van der Waals surface area contributed by atoms with Crippen LogP contribution < -0.4 is 10.6 Å². The zero-order valence-corrected chi connectivity index (χ0v) is 13.4. The van der Waals surface area contributed by atoms with Crippen molar-refractivity contribution >= 4 is 5.91 Å². The molecule has 2 N–H and O–H groups in total. The number of carbonyl (C=O) groups excluding carboxylic acids is 1. The van der Waals surface area contributed by atoms with Gasteiger partial charge in [-0.2, -0.15) is 0 Å². The summed E-state index contributed by atoms with van der Waals surface area (Å²) in [6.45, 7) is 13.6. The molecular weight excluding hydrogens is 252 g/mol. The first-order chi connectivity index (χ1) is 9.40. The molecule has 2 heterocycles. The van der Waals surface area contributed by atoms with E-state index in [1.165, 1.54) is 0 Å². The Morgan fingerprint density at radius 3 is 2.40 bits per heavy atom. The Morgan fingerprint density at radius 1 is 1.30 bits per heavy atom. The second-order valence-electron chi connectivity index (χ2n) is 7.03. The van der Waals surface area contributed by atoms with Crippen LogP contribution in [-0.2, 0) is 4.79 Å². The van der Waals surface area contributed by atoms with E-state index in [0.29, 0.717) is 5.92 Å². The molecule has 2 fully saturated rings. The molecule has 20 heavy (non-hydrogen) atoms. The van der Waals surface area contributed by atoms with Crippen molar-refractivity contribution in [2.24, 2.45) is 11.8 Å². The molecule has 0 bridgehead atoms. The number of piperazine rings is 1. The summed E-state index contributed by atoms with van der Waals surface area (Å²) in [5.41, 5.74) is 0.0362. The van der Waals surface area contributed by atoms with E-state index in [4.69, 9.17) is 0 Å². The van der Waals surface area contributed by atoms with E-state index in [0.717, 1.165) is 45.8 Å². The van der Waals surface area contributed by atoms with E-state index in [1.54, 1.807) is 0 Å². The van der Waals surface area contributed by atoms with Gasteiger partial charge in [0.15, 0.2) is 0 Å². The van der Waals surface area contributed by atoms with E-state index >= 15 is 0 Å². The average molecular weight is 282 g/mol. The minimum Gasteiger partial charge on any atom is -0.354 e. The van der Waals surface area contributed by atoms with Crippen molar-refractivity contribution in [2.45, 2.75) is 26.3 Å². The Morgan fingerprint density at radius 2 is 1.90 bits per heavy atom. The minimum atomic E-state index is 0.0362. The van der Waals surface area contributed by atoms with Gasteiger partial charge in [0, 0.05) is 44.2 Å². The third kappa shape index (κ3) is 3.71. The van der Waals surface area contributed by atoms with E-state index in [9.17, 15) is 4.79 Å². The van der Waals surface area contributed by atoms with Gasteiger partial charge < -0.3 is 15.5 Å². The fourth-order valence-electron chi connectivity index (χ4n) is 2.87. The number of rotatable bonds is 5. The molecule has 5 heteroatoms. The van der Waals surface area contributed by atoms with E-state index in [2.05, 4.69) is 41.3 Å². The number of amides is 1. The van der Waals surface area contributed by atoms with E-state index < -0.39 is 0 Å². The van der Waals surface area contributed by atoms with Gasteiger partial charge in [-0.05, 0) is 39.9 Å². The lowest BCUT2D eigenvalue weighted by Gasteiger charge is -2.43. The van der Waals surface area contributed by atoms with Gasteiger partial charge in [-0.3, -0.25) is 9.69 Å². The van der Waals surface area contributed by atoms with Crippen LogP contribution in [0.25, 0.3) is 0 Å². The predicted molar refractivity (Wildman–Crippen MR) is 81.7 cm³/mol. The van der Waals surface area contributed by atoms with Crippen LogP contribution in [0, 0.1) is 11.8 Å². The van der Waals surface area contributed by atoms with Gasteiger partial charge in [0.2, 0.25) is 5.91 Å². The van der Waals surface area contributed by atoms with Crippen molar-refractivity contribution in [1.82, 2.24) is 20.4 Å². The smallest absolute Gasteiger partial charge is 0.223 e. The SMILES string of the molecule is CC(C(=O)NCC(C)(C)N1CCN(C)CC1)C1CNC1. The first-order valence-corrected chi connectivity index (χ1v) is 7.82. The second-order valence-corrected chi connectivity index (χ2v) is 7.03. The lowest BCUT2D eigenvalue weighted by molar-refractivity contribution is -0.127. The number of nitrogens with zero attached hydrogens (tertiary/aromatic N) is 2. The summed E-state index contributed by atoms with van der Waals surface area (Å²) in [7, 11) is 2.17. The molecule has 5 nitrogen and oxygen atoms in total. The molecule has 0 spiro atoms. The highest BCUT2D eigenvalue weighted by Gasteiger charge is 2.32. The fourth-order valence-corrected chi connectivity index (χ4v) is 2.87. The molecule has 1 unspecified atom stereocenters. The van der Waals surface area contributed by atoms with Crippen molar-refractivity contribution in [1.29, 1.82) is 0 Å². The summed E-state index contributed by atoms with van der Waals surface area (Å²) >= 11 is 0. The lowest BCUT2D eigenvalue weighted by Crippen LogP contribution is -2.58. The van der Waals surface area contributed by atoms with Gasteiger partial charge in [0.05, 0.1) is 0 Å². The molecule has 0 aromatic carbocycles. The van der Waals surface area contributed by atoms with Crippen LogP contribution in [0.1, 0.15) is 20.8 Å². The highest BCUT2D eigenvalue weighted by atomic mass is 16.1. The molecule has 0 saturated carbocycles. The maximum Gasteiger partial charge on any atom is 0.223 e. The Hall–Kier alpha value is -0.650. The molecule has 2 rings (SSSR count). The van der Waals surface area contributed by atoms with Crippen LogP contribution in [0.4, 0.5) is 0 Å². The van der Waals surface area contributed by atoms with Crippen LogP contribution in [0.2, 0.25) is 0 Å². The monoisotopic (exact) mass is 282 g/mol. The summed E-state index contributed by atoms with van der Waals surface area (Å²) in [5, 5.41) is 6.39. The summed E-state index contributed by atoms with van der Waals surface area (Å²) in [6, 6.07) is 0. The summed E-state index contributed by atoms with van der Waals surface area (Å²) < 4.78 is 0. The maximum atomic E-state index is 12.2. The van der Waals surface area contributed by atoms with Gasteiger partial charge in [-0.15, -0.1) is 0 Å². The van der Waals surface area contributed by atoms with Crippen molar-refractivity contribution < 1.29 is 4.79 Å². The van der Waals surface area contributed by atoms with Crippen molar-refractivity contribution in [3.63, 3.8) is 0 Å². The van der Waals surface area contributed by atoms with Crippen LogP contribution in [-0.4, -0.2) is 74.1 Å².